The summed E-state index contributed by atoms with van der Waals surface area (Å²) in [5.41, 5.74) is 1.51. The lowest BCUT2D eigenvalue weighted by atomic mass is 9.95. The van der Waals surface area contributed by atoms with Gasteiger partial charge in [-0.1, -0.05) is 33.1 Å². The van der Waals surface area contributed by atoms with Crippen molar-refractivity contribution in [3.05, 3.63) is 24.0 Å². The first kappa shape index (κ1) is 21.8. The maximum atomic E-state index is 12.8. The normalized spacial score (nSPS) is 15.9. The number of hydrogen-bond acceptors (Lipinski definition) is 4. The van der Waals surface area contributed by atoms with Gasteiger partial charge in [-0.2, -0.15) is 4.31 Å². The Hall–Kier alpha value is -1.93. The molecule has 3 rings (SSSR count). The van der Waals surface area contributed by atoms with Gasteiger partial charge in [0.1, 0.15) is 5.82 Å². The molecule has 1 aromatic heterocycles. The Bertz CT molecular complexity index is 958. The molecule has 1 aliphatic rings. The van der Waals surface area contributed by atoms with Crippen LogP contribution in [0.15, 0.2) is 23.1 Å². The number of rotatable bonds is 8. The van der Waals surface area contributed by atoms with E-state index < -0.39 is 10.0 Å². The fourth-order valence-corrected chi connectivity index (χ4v) is 5.58. The number of hydrogen-bond donors (Lipinski definition) is 1. The van der Waals surface area contributed by atoms with Crippen LogP contribution in [0.4, 0.5) is 0 Å². The molecular weight excluding hydrogens is 388 g/mol. The molecule has 29 heavy (non-hydrogen) atoms. The zero-order valence-electron chi connectivity index (χ0n) is 17.6. The van der Waals surface area contributed by atoms with E-state index in [9.17, 15) is 13.2 Å². The minimum absolute atomic E-state index is 0.0637. The summed E-state index contributed by atoms with van der Waals surface area (Å²) in [6.45, 7) is 4.52. The van der Waals surface area contributed by atoms with Gasteiger partial charge in [-0.15, -0.1) is 0 Å². The second kappa shape index (κ2) is 9.26. The summed E-state index contributed by atoms with van der Waals surface area (Å²) in [4.78, 5) is 17.2. The van der Waals surface area contributed by atoms with Gasteiger partial charge in [-0.25, -0.2) is 13.4 Å². The predicted octanol–water partition coefficient (Wildman–Crippen LogP) is 2.99. The van der Waals surface area contributed by atoms with Crippen LogP contribution >= 0.6 is 0 Å². The first-order chi connectivity index (χ1) is 13.9. The van der Waals surface area contributed by atoms with Crippen LogP contribution in [-0.4, -0.2) is 47.3 Å². The van der Waals surface area contributed by atoms with Crippen molar-refractivity contribution < 1.29 is 13.2 Å². The quantitative estimate of drug-likeness (QED) is 0.711. The van der Waals surface area contributed by atoms with E-state index in [1.807, 2.05) is 25.5 Å². The average Bonchev–Trinajstić information content (AvgIpc) is 3.03. The van der Waals surface area contributed by atoms with Crippen LogP contribution in [0, 0.1) is 0 Å². The summed E-state index contributed by atoms with van der Waals surface area (Å²) in [5.74, 6) is 0.852. The van der Waals surface area contributed by atoms with Gasteiger partial charge in [0.25, 0.3) is 0 Å². The highest BCUT2D eigenvalue weighted by molar-refractivity contribution is 7.89. The zero-order valence-corrected chi connectivity index (χ0v) is 18.5. The number of carbonyl (C=O) groups excluding carboxylic acids is 1. The topological polar surface area (TPSA) is 84.3 Å². The summed E-state index contributed by atoms with van der Waals surface area (Å²) in [6, 6.07) is 5.38. The van der Waals surface area contributed by atoms with Crippen LogP contribution in [0.1, 0.15) is 58.2 Å². The molecule has 1 saturated carbocycles. The van der Waals surface area contributed by atoms with Gasteiger partial charge in [0.2, 0.25) is 15.9 Å². The van der Waals surface area contributed by atoms with E-state index in [4.69, 9.17) is 0 Å². The molecule has 0 spiro atoms. The molecule has 1 aromatic carbocycles. The van der Waals surface area contributed by atoms with Gasteiger partial charge in [0.15, 0.2) is 0 Å². The second-order valence-electron chi connectivity index (χ2n) is 7.73. The van der Waals surface area contributed by atoms with Crippen LogP contribution in [-0.2, 0) is 28.3 Å². The first-order valence-corrected chi connectivity index (χ1v) is 12.1. The fraction of sp³-hybridized carbons (Fsp3) is 0.619. The van der Waals surface area contributed by atoms with Crippen molar-refractivity contribution >= 4 is 27.0 Å². The molecule has 0 saturated heterocycles. The van der Waals surface area contributed by atoms with Crippen molar-refractivity contribution in [1.29, 1.82) is 0 Å². The second-order valence-corrected chi connectivity index (χ2v) is 9.67. The number of carbonyl (C=O) groups is 1. The van der Waals surface area contributed by atoms with Gasteiger partial charge in [-0.3, -0.25) is 4.79 Å². The number of benzene rings is 1. The van der Waals surface area contributed by atoms with Crippen LogP contribution in [0.25, 0.3) is 11.0 Å². The molecule has 7 nitrogen and oxygen atoms in total. The van der Waals surface area contributed by atoms with E-state index >= 15 is 0 Å². The highest BCUT2D eigenvalue weighted by atomic mass is 32.2. The summed E-state index contributed by atoms with van der Waals surface area (Å²) in [6.07, 6.45) is 6.70. The maximum Gasteiger partial charge on any atom is 0.243 e. The van der Waals surface area contributed by atoms with E-state index in [-0.39, 0.29) is 10.8 Å². The molecule has 1 heterocycles. The number of nitrogens with zero attached hydrogens (tertiary/aromatic N) is 3. The van der Waals surface area contributed by atoms with Gasteiger partial charge in [0.05, 0.1) is 15.9 Å². The van der Waals surface area contributed by atoms with Crippen molar-refractivity contribution in [2.75, 3.05) is 13.1 Å². The van der Waals surface area contributed by atoms with Crippen LogP contribution in [0.5, 0.6) is 0 Å². The first-order valence-electron chi connectivity index (χ1n) is 10.6. The van der Waals surface area contributed by atoms with Crippen LogP contribution in [0.2, 0.25) is 0 Å². The van der Waals surface area contributed by atoms with Crippen molar-refractivity contribution in [3.8, 4) is 0 Å². The molecular formula is C21H32N4O3S. The number of imidazole rings is 1. The Morgan fingerprint density at radius 2 is 1.90 bits per heavy atom. The Balaban J connectivity index is 1.73. The standard InChI is InChI=1S/C21H32N4O3S/c1-4-25(5-2)29(27,28)17-11-12-19-18(15-17)23-20(24(19)3)13-14-21(26)22-16-9-7-6-8-10-16/h11-12,15-16H,4-10,13-14H2,1-3H3,(H,22,26). The molecule has 1 fully saturated rings. The Morgan fingerprint density at radius 3 is 2.55 bits per heavy atom. The number of sulfonamides is 1. The van der Waals surface area contributed by atoms with E-state index in [0.717, 1.165) is 24.2 Å². The molecule has 160 valence electrons. The zero-order chi connectivity index (χ0) is 21.0. The van der Waals surface area contributed by atoms with E-state index in [1.165, 1.54) is 23.6 Å². The summed E-state index contributed by atoms with van der Waals surface area (Å²) in [5, 5.41) is 3.14. The number of aromatic nitrogens is 2. The SMILES string of the molecule is CCN(CC)S(=O)(=O)c1ccc2c(c1)nc(CCC(=O)NC1CCCCC1)n2C. The molecule has 0 bridgehead atoms. The van der Waals surface area contributed by atoms with Crippen molar-refractivity contribution in [2.24, 2.45) is 7.05 Å². The lowest BCUT2D eigenvalue weighted by Gasteiger charge is -2.22. The minimum Gasteiger partial charge on any atom is -0.353 e. The lowest BCUT2D eigenvalue weighted by Crippen LogP contribution is -2.36. The van der Waals surface area contributed by atoms with Gasteiger partial charge < -0.3 is 9.88 Å². The number of nitrogens with one attached hydrogen (secondary N) is 1. The molecule has 0 atom stereocenters. The largest absolute Gasteiger partial charge is 0.353 e. The minimum atomic E-state index is -3.52. The predicted molar refractivity (Wildman–Crippen MR) is 114 cm³/mol. The Kier molecular flexibility index (Phi) is 6.95. The van der Waals surface area contributed by atoms with Gasteiger partial charge >= 0.3 is 0 Å². The third-order valence-corrected chi connectivity index (χ3v) is 7.88. The monoisotopic (exact) mass is 420 g/mol. The molecule has 1 N–H and O–H groups in total. The Labute approximate surface area is 173 Å². The summed E-state index contributed by atoms with van der Waals surface area (Å²) < 4.78 is 28.9. The summed E-state index contributed by atoms with van der Waals surface area (Å²) in [7, 11) is -1.61. The number of fused-ring (bicyclic) bond motifs is 1. The number of aryl methyl sites for hydroxylation is 2. The Morgan fingerprint density at radius 1 is 1.21 bits per heavy atom. The molecule has 0 unspecified atom stereocenters. The lowest BCUT2D eigenvalue weighted by molar-refractivity contribution is -0.122. The molecule has 1 aliphatic carbocycles. The maximum absolute atomic E-state index is 12.8. The van der Waals surface area contributed by atoms with E-state index in [2.05, 4.69) is 10.3 Å². The van der Waals surface area contributed by atoms with E-state index in [1.54, 1.807) is 18.2 Å². The van der Waals surface area contributed by atoms with Crippen molar-refractivity contribution in [2.45, 2.75) is 69.7 Å². The smallest absolute Gasteiger partial charge is 0.243 e. The van der Waals surface area contributed by atoms with Gasteiger partial charge in [0, 0.05) is 39.0 Å². The third-order valence-electron chi connectivity index (χ3n) is 5.83. The van der Waals surface area contributed by atoms with Gasteiger partial charge in [-0.05, 0) is 31.0 Å². The van der Waals surface area contributed by atoms with Crippen molar-refractivity contribution in [3.63, 3.8) is 0 Å². The molecule has 8 heteroatoms. The van der Waals surface area contributed by atoms with Crippen molar-refractivity contribution in [1.82, 2.24) is 19.2 Å². The highest BCUT2D eigenvalue weighted by Crippen LogP contribution is 2.23. The molecule has 1 amide bonds. The average molecular weight is 421 g/mol. The van der Waals surface area contributed by atoms with Crippen LogP contribution < -0.4 is 5.32 Å². The van der Waals surface area contributed by atoms with E-state index in [0.29, 0.717) is 37.5 Å². The van der Waals surface area contributed by atoms with Crippen LogP contribution in [0.3, 0.4) is 0 Å². The highest BCUT2D eigenvalue weighted by Gasteiger charge is 2.23. The third kappa shape index (κ3) is 4.80. The number of amides is 1. The summed E-state index contributed by atoms with van der Waals surface area (Å²) >= 11 is 0. The molecule has 0 aliphatic heterocycles. The molecule has 2 aromatic rings. The fourth-order valence-electron chi connectivity index (χ4n) is 4.10. The molecule has 0 radical (unpaired) electrons.